The van der Waals surface area contributed by atoms with E-state index in [0.717, 1.165) is 45.6 Å². The van der Waals surface area contributed by atoms with Gasteiger partial charge in [0.2, 0.25) is 11.8 Å². The zero-order valence-corrected chi connectivity index (χ0v) is 26.0. The molecule has 3 aromatic rings. The molecule has 1 aliphatic rings. The third kappa shape index (κ3) is 7.98. The van der Waals surface area contributed by atoms with Crippen LogP contribution in [0.2, 0.25) is 0 Å². The Labute approximate surface area is 252 Å². The van der Waals surface area contributed by atoms with Gasteiger partial charge in [0.05, 0.1) is 10.6 Å². The molecule has 4 rings (SSSR count). The minimum absolute atomic E-state index is 0.0978. The molecule has 7 nitrogen and oxygen atoms in total. The lowest BCUT2D eigenvalue weighted by Crippen LogP contribution is -2.54. The maximum Gasteiger partial charge on any atom is 0.264 e. The predicted molar refractivity (Wildman–Crippen MR) is 166 cm³/mol. The Bertz CT molecular complexity index is 1410. The molecular weight excluding hydrogens is 602 g/mol. The molecule has 0 radical (unpaired) electrons. The molecule has 1 atom stereocenters. The molecule has 0 bridgehead atoms. The van der Waals surface area contributed by atoms with E-state index in [1.807, 2.05) is 44.2 Å². The van der Waals surface area contributed by atoms with Gasteiger partial charge in [0, 0.05) is 17.1 Å². The van der Waals surface area contributed by atoms with Crippen LogP contribution in [0.25, 0.3) is 0 Å². The largest absolute Gasteiger partial charge is 0.352 e. The maximum atomic E-state index is 14.1. The van der Waals surface area contributed by atoms with Crippen molar-refractivity contribution in [2.75, 3.05) is 17.4 Å². The summed E-state index contributed by atoms with van der Waals surface area (Å²) < 4.78 is 29.8. The summed E-state index contributed by atoms with van der Waals surface area (Å²) in [4.78, 5) is 29.3. The first kappa shape index (κ1) is 30.8. The average molecular weight is 641 g/mol. The number of carbonyl (C=O) groups is 2. The summed E-state index contributed by atoms with van der Waals surface area (Å²) in [7, 11) is -4.08. The van der Waals surface area contributed by atoms with Crippen molar-refractivity contribution in [2.45, 2.75) is 69.4 Å². The first-order valence-electron chi connectivity index (χ1n) is 14.2. The fraction of sp³-hybridized carbons (Fsp3) is 0.375. The van der Waals surface area contributed by atoms with Crippen molar-refractivity contribution in [1.82, 2.24) is 10.2 Å². The first-order chi connectivity index (χ1) is 19.7. The SMILES string of the molecule is CC[C@@H](C(=O)NC1CCCC1)N(CCc1ccccc1)C(=O)CN(c1ccc(Br)cc1)S(=O)(=O)c1ccc(C)cc1. The van der Waals surface area contributed by atoms with Crippen LogP contribution in [0.5, 0.6) is 0 Å². The molecule has 41 heavy (non-hydrogen) atoms. The second-order valence-corrected chi connectivity index (χ2v) is 13.3. The lowest BCUT2D eigenvalue weighted by molar-refractivity contribution is -0.139. The van der Waals surface area contributed by atoms with E-state index in [2.05, 4.69) is 21.2 Å². The Hall–Kier alpha value is -3.17. The van der Waals surface area contributed by atoms with E-state index in [9.17, 15) is 18.0 Å². The number of nitrogens with one attached hydrogen (secondary N) is 1. The normalized spacial score (nSPS) is 14.4. The van der Waals surface area contributed by atoms with Crippen LogP contribution in [0.4, 0.5) is 5.69 Å². The van der Waals surface area contributed by atoms with Crippen LogP contribution < -0.4 is 9.62 Å². The quantitative estimate of drug-likeness (QED) is 0.269. The number of benzene rings is 3. The van der Waals surface area contributed by atoms with Crippen molar-refractivity contribution in [1.29, 1.82) is 0 Å². The van der Waals surface area contributed by atoms with Gasteiger partial charge in [-0.15, -0.1) is 0 Å². The number of hydrogen-bond acceptors (Lipinski definition) is 4. The molecule has 0 unspecified atom stereocenters. The molecule has 0 heterocycles. The molecule has 0 aromatic heterocycles. The lowest BCUT2D eigenvalue weighted by atomic mass is 10.1. The smallest absolute Gasteiger partial charge is 0.264 e. The van der Waals surface area contributed by atoms with E-state index in [-0.39, 0.29) is 23.4 Å². The second-order valence-electron chi connectivity index (χ2n) is 10.5. The summed E-state index contributed by atoms with van der Waals surface area (Å²) in [5, 5.41) is 3.15. The van der Waals surface area contributed by atoms with E-state index in [0.29, 0.717) is 18.5 Å². The molecule has 9 heteroatoms. The predicted octanol–water partition coefficient (Wildman–Crippen LogP) is 5.86. The molecular formula is C32H38BrN3O4S. The van der Waals surface area contributed by atoms with Gasteiger partial charge in [-0.2, -0.15) is 0 Å². The average Bonchev–Trinajstić information content (AvgIpc) is 3.48. The molecule has 218 valence electrons. The van der Waals surface area contributed by atoms with Crippen LogP contribution in [-0.2, 0) is 26.0 Å². The lowest BCUT2D eigenvalue weighted by Gasteiger charge is -2.33. The summed E-state index contributed by atoms with van der Waals surface area (Å²) in [6, 6.07) is 22.6. The Kier molecular flexibility index (Phi) is 10.6. The number of aryl methyl sites for hydroxylation is 1. The molecule has 0 spiro atoms. The van der Waals surface area contributed by atoms with Crippen molar-refractivity contribution < 1.29 is 18.0 Å². The molecule has 1 saturated carbocycles. The Morgan fingerprint density at radius 1 is 0.951 bits per heavy atom. The summed E-state index contributed by atoms with van der Waals surface area (Å²) in [5.74, 6) is -0.606. The highest BCUT2D eigenvalue weighted by Crippen LogP contribution is 2.26. The first-order valence-corrected chi connectivity index (χ1v) is 16.4. The van der Waals surface area contributed by atoms with Gasteiger partial charge in [-0.25, -0.2) is 8.42 Å². The topological polar surface area (TPSA) is 86.8 Å². The Morgan fingerprint density at radius 2 is 1.59 bits per heavy atom. The summed E-state index contributed by atoms with van der Waals surface area (Å²) in [6.45, 7) is 3.63. The highest BCUT2D eigenvalue weighted by atomic mass is 79.9. The molecule has 0 aliphatic heterocycles. The fourth-order valence-corrected chi connectivity index (χ4v) is 6.92. The zero-order chi connectivity index (χ0) is 29.4. The number of rotatable bonds is 12. The van der Waals surface area contributed by atoms with Gasteiger partial charge in [-0.05, 0) is 74.6 Å². The molecule has 1 aliphatic carbocycles. The molecule has 1 fully saturated rings. The standard InChI is InChI=1S/C32H38BrN3O4S/c1-3-30(32(38)34-27-11-7-8-12-27)35(22-21-25-9-5-4-6-10-25)31(37)23-36(28-17-15-26(33)16-18-28)41(39,40)29-19-13-24(2)14-20-29/h4-6,9-10,13-20,27,30H,3,7-8,11-12,21-23H2,1-2H3,(H,34,38)/t30-/m0/s1. The third-order valence-corrected chi connectivity index (χ3v) is 9.89. The monoisotopic (exact) mass is 639 g/mol. The van der Waals surface area contributed by atoms with Crippen LogP contribution in [0, 0.1) is 6.92 Å². The van der Waals surface area contributed by atoms with Gasteiger partial charge < -0.3 is 10.2 Å². The van der Waals surface area contributed by atoms with E-state index in [1.54, 1.807) is 53.4 Å². The van der Waals surface area contributed by atoms with Crippen LogP contribution in [-0.4, -0.2) is 50.3 Å². The minimum atomic E-state index is -4.08. The number of anilines is 1. The summed E-state index contributed by atoms with van der Waals surface area (Å²) in [5.41, 5.74) is 2.34. The number of nitrogens with zero attached hydrogens (tertiary/aromatic N) is 2. The van der Waals surface area contributed by atoms with Crippen LogP contribution >= 0.6 is 15.9 Å². The van der Waals surface area contributed by atoms with Gasteiger partial charge in [0.1, 0.15) is 12.6 Å². The maximum absolute atomic E-state index is 14.1. The van der Waals surface area contributed by atoms with Crippen LogP contribution in [0.1, 0.15) is 50.2 Å². The number of hydrogen-bond donors (Lipinski definition) is 1. The molecule has 1 N–H and O–H groups in total. The summed E-state index contributed by atoms with van der Waals surface area (Å²) >= 11 is 3.41. The van der Waals surface area contributed by atoms with E-state index < -0.39 is 28.5 Å². The zero-order valence-electron chi connectivity index (χ0n) is 23.6. The van der Waals surface area contributed by atoms with E-state index >= 15 is 0 Å². The highest BCUT2D eigenvalue weighted by molar-refractivity contribution is 9.10. The van der Waals surface area contributed by atoms with Crippen molar-refractivity contribution in [2.24, 2.45) is 0 Å². The van der Waals surface area contributed by atoms with Crippen molar-refractivity contribution in [3.05, 3.63) is 94.5 Å². The Morgan fingerprint density at radius 3 is 2.20 bits per heavy atom. The molecule has 0 saturated heterocycles. The van der Waals surface area contributed by atoms with Crippen molar-refractivity contribution >= 4 is 43.5 Å². The van der Waals surface area contributed by atoms with Crippen LogP contribution in [0.15, 0.2) is 88.2 Å². The summed E-state index contributed by atoms with van der Waals surface area (Å²) in [6.07, 6.45) is 5.00. The van der Waals surface area contributed by atoms with Crippen LogP contribution in [0.3, 0.4) is 0 Å². The van der Waals surface area contributed by atoms with E-state index in [4.69, 9.17) is 0 Å². The Balaban J connectivity index is 1.66. The number of carbonyl (C=O) groups excluding carboxylic acids is 2. The van der Waals surface area contributed by atoms with E-state index in [1.165, 1.54) is 0 Å². The number of halogens is 1. The van der Waals surface area contributed by atoms with Crippen molar-refractivity contribution in [3.63, 3.8) is 0 Å². The van der Waals surface area contributed by atoms with Gasteiger partial charge in [-0.3, -0.25) is 13.9 Å². The van der Waals surface area contributed by atoms with Crippen molar-refractivity contribution in [3.8, 4) is 0 Å². The van der Waals surface area contributed by atoms with Gasteiger partial charge in [0.25, 0.3) is 10.0 Å². The number of sulfonamides is 1. The van der Waals surface area contributed by atoms with Gasteiger partial charge in [0.15, 0.2) is 0 Å². The molecule has 2 amide bonds. The number of amides is 2. The second kappa shape index (κ2) is 14.1. The van der Waals surface area contributed by atoms with Gasteiger partial charge in [-0.1, -0.05) is 83.7 Å². The molecule has 3 aromatic carbocycles. The fourth-order valence-electron chi connectivity index (χ4n) is 5.24. The van der Waals surface area contributed by atoms with Gasteiger partial charge >= 0.3 is 0 Å². The minimum Gasteiger partial charge on any atom is -0.352 e. The third-order valence-electron chi connectivity index (χ3n) is 7.57. The highest BCUT2D eigenvalue weighted by Gasteiger charge is 2.34.